The molecule has 3 N–H and O–H groups in total. The summed E-state index contributed by atoms with van der Waals surface area (Å²) in [5.74, 6) is -0.101. The van der Waals surface area contributed by atoms with Crippen molar-refractivity contribution in [2.45, 2.75) is 19.5 Å². The summed E-state index contributed by atoms with van der Waals surface area (Å²) in [6.45, 7) is 2.28. The average molecular weight is 451 g/mol. The number of pyridine rings is 2. The summed E-state index contributed by atoms with van der Waals surface area (Å²) in [4.78, 5) is 31.4. The number of aromatic nitrogens is 3. The number of nitrogens with one attached hydrogen (secondary N) is 1. The van der Waals surface area contributed by atoms with E-state index in [1.54, 1.807) is 29.0 Å². The first-order valence-corrected chi connectivity index (χ1v) is 11.1. The van der Waals surface area contributed by atoms with Crippen molar-refractivity contribution in [1.82, 2.24) is 14.7 Å². The van der Waals surface area contributed by atoms with Crippen molar-refractivity contribution in [3.63, 3.8) is 0 Å². The van der Waals surface area contributed by atoms with Gasteiger partial charge in [0, 0.05) is 6.20 Å². The minimum Gasteiger partial charge on any atom is -0.345 e. The van der Waals surface area contributed by atoms with E-state index < -0.39 is 0 Å². The number of anilines is 1. The predicted molar refractivity (Wildman–Crippen MR) is 131 cm³/mol. The van der Waals surface area contributed by atoms with Crippen LogP contribution in [0.15, 0.2) is 95.9 Å². The van der Waals surface area contributed by atoms with Gasteiger partial charge in [-0.1, -0.05) is 71.7 Å². The molecule has 34 heavy (non-hydrogen) atoms. The Morgan fingerprint density at radius 3 is 2.44 bits per heavy atom. The second kappa shape index (κ2) is 8.78. The van der Waals surface area contributed by atoms with Gasteiger partial charge in [0.15, 0.2) is 0 Å². The molecule has 0 saturated heterocycles. The first kappa shape index (κ1) is 21.3. The third-order valence-electron chi connectivity index (χ3n) is 5.94. The molecule has 0 aliphatic carbocycles. The Kier molecular flexibility index (Phi) is 5.51. The zero-order valence-corrected chi connectivity index (χ0v) is 18.7. The number of hydrogen-bond donors (Lipinski definition) is 2. The highest BCUT2D eigenvalue weighted by molar-refractivity contribution is 6.00. The molecular weight excluding hydrogens is 426 g/mol. The van der Waals surface area contributed by atoms with E-state index in [1.807, 2.05) is 73.7 Å². The van der Waals surface area contributed by atoms with Crippen LogP contribution in [0.4, 0.5) is 5.82 Å². The minimum absolute atomic E-state index is 0.234. The fourth-order valence-corrected chi connectivity index (χ4v) is 4.11. The summed E-state index contributed by atoms with van der Waals surface area (Å²) in [6.07, 6.45) is 1.67. The monoisotopic (exact) mass is 450 g/mol. The van der Waals surface area contributed by atoms with Crippen LogP contribution in [0.3, 0.4) is 0 Å². The standard InChI is InChI=1S/C27H23N5O2/c1-18(20-12-6-3-7-13-20)29-26(33)21-16-22-25(30-23-14-8-9-15-31(23)27(22)34)32(24(21)28)17-19-10-4-2-5-11-19/h2-16,18,28H,17H2,1H3,(H,29,33)/p+1/t18-/m0/s1. The summed E-state index contributed by atoms with van der Waals surface area (Å²) in [6, 6.07) is 26.1. The highest BCUT2D eigenvalue weighted by atomic mass is 16.2. The van der Waals surface area contributed by atoms with Gasteiger partial charge in [0.25, 0.3) is 17.1 Å². The molecular formula is C27H24N5O2+. The average Bonchev–Trinajstić information content (AvgIpc) is 2.87. The minimum atomic E-state index is -0.352. The second-order valence-electron chi connectivity index (χ2n) is 8.20. The van der Waals surface area contributed by atoms with E-state index in [1.165, 1.54) is 4.40 Å². The van der Waals surface area contributed by atoms with Crippen LogP contribution < -0.4 is 21.2 Å². The van der Waals surface area contributed by atoms with Crippen LogP contribution in [-0.2, 0) is 6.54 Å². The molecule has 7 heteroatoms. The molecule has 5 aromatic rings. The largest absolute Gasteiger partial charge is 0.345 e. The predicted octanol–water partition coefficient (Wildman–Crippen LogP) is 3.26. The number of fused-ring (bicyclic) bond motifs is 2. The van der Waals surface area contributed by atoms with Gasteiger partial charge in [-0.25, -0.2) is 4.57 Å². The first-order valence-electron chi connectivity index (χ1n) is 11.1. The zero-order chi connectivity index (χ0) is 23.7. The Hall–Kier alpha value is -4.52. The number of benzene rings is 2. The van der Waals surface area contributed by atoms with Crippen LogP contribution in [-0.4, -0.2) is 15.3 Å². The van der Waals surface area contributed by atoms with E-state index in [0.29, 0.717) is 23.2 Å². The number of nitrogens with zero attached hydrogens (tertiary/aromatic N) is 3. The van der Waals surface area contributed by atoms with Crippen LogP contribution in [0.25, 0.3) is 16.7 Å². The molecule has 0 aliphatic rings. The van der Waals surface area contributed by atoms with E-state index in [2.05, 4.69) is 5.32 Å². The molecule has 3 heterocycles. The zero-order valence-electron chi connectivity index (χ0n) is 18.7. The molecule has 0 saturated carbocycles. The van der Waals surface area contributed by atoms with E-state index in [9.17, 15) is 9.59 Å². The lowest BCUT2D eigenvalue weighted by Gasteiger charge is -2.16. The van der Waals surface area contributed by atoms with E-state index in [4.69, 9.17) is 10.7 Å². The van der Waals surface area contributed by atoms with Gasteiger partial charge in [0.2, 0.25) is 11.5 Å². The number of nitrogens with two attached hydrogens (primary N) is 1. The lowest BCUT2D eigenvalue weighted by molar-refractivity contribution is -0.649. The Morgan fingerprint density at radius 1 is 1.03 bits per heavy atom. The van der Waals surface area contributed by atoms with Crippen molar-refractivity contribution in [3.05, 3.63) is 118 Å². The van der Waals surface area contributed by atoms with Crippen LogP contribution in [0.1, 0.15) is 34.5 Å². The number of hydrogen-bond acceptors (Lipinski definition) is 4. The molecule has 3 aromatic heterocycles. The third kappa shape index (κ3) is 3.88. The van der Waals surface area contributed by atoms with Crippen molar-refractivity contribution in [1.29, 1.82) is 0 Å². The molecule has 0 fully saturated rings. The topological polar surface area (TPSA) is 93.4 Å². The summed E-state index contributed by atoms with van der Waals surface area (Å²) in [7, 11) is 0. The van der Waals surface area contributed by atoms with E-state index >= 15 is 0 Å². The van der Waals surface area contributed by atoms with Gasteiger partial charge in [0.1, 0.15) is 10.9 Å². The quantitative estimate of drug-likeness (QED) is 0.318. The molecule has 1 atom stereocenters. The molecule has 0 bridgehead atoms. The van der Waals surface area contributed by atoms with Crippen molar-refractivity contribution in [2.24, 2.45) is 0 Å². The molecule has 0 unspecified atom stereocenters. The SMILES string of the molecule is C[C@H](NC(=O)c1cc2c(=O)n3ccccc3nc2[n+](Cc2ccccc2)c1N)c1ccccc1. The normalized spacial score (nSPS) is 12.0. The lowest BCUT2D eigenvalue weighted by atomic mass is 10.1. The molecule has 168 valence electrons. The van der Waals surface area contributed by atoms with Gasteiger partial charge >= 0.3 is 0 Å². The first-order chi connectivity index (χ1) is 16.5. The number of carbonyl (C=O) groups is 1. The second-order valence-corrected chi connectivity index (χ2v) is 8.20. The molecule has 5 rings (SSSR count). The van der Waals surface area contributed by atoms with E-state index in [-0.39, 0.29) is 28.9 Å². The van der Waals surface area contributed by atoms with Gasteiger partial charge in [-0.15, -0.1) is 0 Å². The fraction of sp³-hybridized carbons (Fsp3) is 0.111. The number of rotatable bonds is 5. The maximum Gasteiger partial charge on any atom is 0.278 e. The molecule has 0 radical (unpaired) electrons. The van der Waals surface area contributed by atoms with Crippen LogP contribution >= 0.6 is 0 Å². The Labute approximate surface area is 196 Å². The Balaban J connectivity index is 1.68. The van der Waals surface area contributed by atoms with Crippen molar-refractivity contribution >= 4 is 28.4 Å². The summed E-state index contributed by atoms with van der Waals surface area (Å²) >= 11 is 0. The van der Waals surface area contributed by atoms with Gasteiger partial charge in [0.05, 0.1) is 12.6 Å². The van der Waals surface area contributed by atoms with Gasteiger partial charge in [-0.05, 0) is 36.2 Å². The number of amides is 1. The highest BCUT2D eigenvalue weighted by Gasteiger charge is 2.25. The van der Waals surface area contributed by atoms with Gasteiger partial charge < -0.3 is 11.1 Å². The third-order valence-corrected chi connectivity index (χ3v) is 5.94. The number of nitrogen functional groups attached to an aromatic ring is 1. The molecule has 1 amide bonds. The summed E-state index contributed by atoms with van der Waals surface area (Å²) in [5.41, 5.74) is 9.44. The Morgan fingerprint density at radius 2 is 1.71 bits per heavy atom. The van der Waals surface area contributed by atoms with Crippen LogP contribution in [0.5, 0.6) is 0 Å². The van der Waals surface area contributed by atoms with Crippen molar-refractivity contribution in [2.75, 3.05) is 5.73 Å². The lowest BCUT2D eigenvalue weighted by Crippen LogP contribution is -2.43. The highest BCUT2D eigenvalue weighted by Crippen LogP contribution is 2.18. The molecule has 7 nitrogen and oxygen atoms in total. The maximum atomic E-state index is 13.4. The summed E-state index contributed by atoms with van der Waals surface area (Å²) in [5, 5.41) is 3.33. The van der Waals surface area contributed by atoms with Gasteiger partial charge in [-0.3, -0.25) is 14.0 Å². The molecule has 0 aliphatic heterocycles. The number of carbonyl (C=O) groups excluding carboxylic acids is 1. The molecule has 0 spiro atoms. The smallest absolute Gasteiger partial charge is 0.278 e. The van der Waals surface area contributed by atoms with Crippen LogP contribution in [0, 0.1) is 0 Å². The molecule has 2 aromatic carbocycles. The Bertz CT molecular complexity index is 1560. The van der Waals surface area contributed by atoms with Crippen LogP contribution in [0.2, 0.25) is 0 Å². The van der Waals surface area contributed by atoms with Gasteiger partial charge in [-0.2, -0.15) is 0 Å². The fourth-order valence-electron chi connectivity index (χ4n) is 4.11. The van der Waals surface area contributed by atoms with Crippen molar-refractivity contribution < 1.29 is 9.36 Å². The maximum absolute atomic E-state index is 13.4. The van der Waals surface area contributed by atoms with E-state index in [0.717, 1.165) is 11.1 Å². The van der Waals surface area contributed by atoms with Crippen molar-refractivity contribution in [3.8, 4) is 0 Å². The summed E-state index contributed by atoms with van der Waals surface area (Å²) < 4.78 is 3.21.